The molecule has 110 valence electrons. The van der Waals surface area contributed by atoms with Gasteiger partial charge in [-0.1, -0.05) is 13.8 Å². The average Bonchev–Trinajstić information content (AvgIpc) is 2.33. The molecule has 0 aromatic heterocycles. The first-order valence-electron chi connectivity index (χ1n) is 7.33. The Kier molecular flexibility index (Phi) is 11.8. The second kappa shape index (κ2) is 11.9. The second-order valence-electron chi connectivity index (χ2n) is 5.00. The highest BCUT2D eigenvalue weighted by atomic mass is 16.5. The summed E-state index contributed by atoms with van der Waals surface area (Å²) in [5.74, 6) is 0. The fourth-order valence-corrected chi connectivity index (χ4v) is 1.73. The zero-order chi connectivity index (χ0) is 13.8. The van der Waals surface area contributed by atoms with Crippen molar-refractivity contribution in [1.82, 2.24) is 15.1 Å². The van der Waals surface area contributed by atoms with Crippen LogP contribution in [0.2, 0.25) is 0 Å². The smallest absolute Gasteiger partial charge is 0.0596 e. The molecule has 0 aromatic rings. The van der Waals surface area contributed by atoms with Crippen LogP contribution in [0.15, 0.2) is 0 Å². The lowest BCUT2D eigenvalue weighted by atomic mass is 10.4. The molecule has 0 unspecified atom stereocenters. The van der Waals surface area contributed by atoms with Gasteiger partial charge in [0, 0.05) is 32.7 Å². The molecule has 0 aliphatic heterocycles. The van der Waals surface area contributed by atoms with Gasteiger partial charge in [-0.05, 0) is 34.0 Å². The third kappa shape index (κ3) is 11.0. The van der Waals surface area contributed by atoms with Gasteiger partial charge in [0.05, 0.1) is 12.7 Å². The zero-order valence-corrected chi connectivity index (χ0v) is 13.0. The third-order valence-corrected chi connectivity index (χ3v) is 3.09. The van der Waals surface area contributed by atoms with Crippen LogP contribution in [-0.4, -0.2) is 75.4 Å². The Morgan fingerprint density at radius 3 is 2.17 bits per heavy atom. The summed E-state index contributed by atoms with van der Waals surface area (Å²) in [5.41, 5.74) is 0. The molecule has 0 heterocycles. The summed E-state index contributed by atoms with van der Waals surface area (Å²) in [6.45, 7) is 17.1. The molecule has 0 atom stereocenters. The van der Waals surface area contributed by atoms with Gasteiger partial charge in [-0.25, -0.2) is 0 Å². The van der Waals surface area contributed by atoms with Crippen LogP contribution in [-0.2, 0) is 4.74 Å². The first kappa shape index (κ1) is 17.8. The van der Waals surface area contributed by atoms with Gasteiger partial charge in [-0.15, -0.1) is 0 Å². The molecule has 0 rings (SSSR count). The Morgan fingerprint density at radius 1 is 1.00 bits per heavy atom. The van der Waals surface area contributed by atoms with Crippen LogP contribution in [0.3, 0.4) is 0 Å². The van der Waals surface area contributed by atoms with E-state index in [4.69, 9.17) is 4.74 Å². The van der Waals surface area contributed by atoms with Crippen molar-refractivity contribution >= 4 is 0 Å². The summed E-state index contributed by atoms with van der Waals surface area (Å²) in [6, 6.07) is 0. The Balaban J connectivity index is 3.32. The minimum absolute atomic E-state index is 0.339. The van der Waals surface area contributed by atoms with Gasteiger partial charge in [0.2, 0.25) is 0 Å². The maximum Gasteiger partial charge on any atom is 0.0596 e. The van der Waals surface area contributed by atoms with E-state index in [1.807, 2.05) is 0 Å². The maximum atomic E-state index is 5.53. The minimum Gasteiger partial charge on any atom is -0.377 e. The SMILES string of the molecule is CCN(CC)CCNCCN(C)CCOC(C)C. The predicted octanol–water partition coefficient (Wildman–Crippen LogP) is 1.27. The summed E-state index contributed by atoms with van der Waals surface area (Å²) >= 11 is 0. The highest BCUT2D eigenvalue weighted by molar-refractivity contribution is 4.58. The van der Waals surface area contributed by atoms with Crippen molar-refractivity contribution in [3.63, 3.8) is 0 Å². The molecule has 0 amide bonds. The van der Waals surface area contributed by atoms with Crippen LogP contribution in [0.1, 0.15) is 27.7 Å². The normalized spacial score (nSPS) is 12.0. The topological polar surface area (TPSA) is 27.7 Å². The number of ether oxygens (including phenoxy) is 1. The van der Waals surface area contributed by atoms with E-state index in [-0.39, 0.29) is 0 Å². The molecule has 18 heavy (non-hydrogen) atoms. The molecule has 1 N–H and O–H groups in total. The van der Waals surface area contributed by atoms with E-state index >= 15 is 0 Å². The van der Waals surface area contributed by atoms with Gasteiger partial charge in [0.25, 0.3) is 0 Å². The largest absolute Gasteiger partial charge is 0.377 e. The van der Waals surface area contributed by atoms with Crippen molar-refractivity contribution in [3.8, 4) is 0 Å². The molecule has 4 heteroatoms. The molecule has 0 aromatic carbocycles. The van der Waals surface area contributed by atoms with Crippen molar-refractivity contribution in [2.75, 3.05) is 59.5 Å². The summed E-state index contributed by atoms with van der Waals surface area (Å²) in [7, 11) is 2.15. The molecule has 0 saturated carbocycles. The number of hydrogen-bond donors (Lipinski definition) is 1. The summed E-state index contributed by atoms with van der Waals surface area (Å²) in [4.78, 5) is 4.75. The molecule has 0 spiro atoms. The predicted molar refractivity (Wildman–Crippen MR) is 79.2 cm³/mol. The van der Waals surface area contributed by atoms with Gasteiger partial charge in [0.1, 0.15) is 0 Å². The number of rotatable bonds is 12. The fourth-order valence-electron chi connectivity index (χ4n) is 1.73. The standard InChI is InChI=1S/C14H33N3O/c1-6-17(7-2)11-9-15-8-10-16(5)12-13-18-14(3)4/h14-15H,6-13H2,1-5H3. The third-order valence-electron chi connectivity index (χ3n) is 3.09. The van der Waals surface area contributed by atoms with Crippen LogP contribution in [0, 0.1) is 0 Å². The molecule has 0 aliphatic carbocycles. The van der Waals surface area contributed by atoms with Gasteiger partial charge in [-0.2, -0.15) is 0 Å². The Bertz CT molecular complexity index is 172. The first-order valence-corrected chi connectivity index (χ1v) is 7.33. The van der Waals surface area contributed by atoms with E-state index in [0.29, 0.717) is 6.10 Å². The lowest BCUT2D eigenvalue weighted by molar-refractivity contribution is 0.0640. The first-order chi connectivity index (χ1) is 8.60. The van der Waals surface area contributed by atoms with Crippen LogP contribution in [0.25, 0.3) is 0 Å². The van der Waals surface area contributed by atoms with E-state index in [9.17, 15) is 0 Å². The van der Waals surface area contributed by atoms with Crippen molar-refractivity contribution in [2.45, 2.75) is 33.8 Å². The van der Waals surface area contributed by atoms with Crippen molar-refractivity contribution < 1.29 is 4.74 Å². The quantitative estimate of drug-likeness (QED) is 0.534. The monoisotopic (exact) mass is 259 g/mol. The van der Waals surface area contributed by atoms with Crippen molar-refractivity contribution in [3.05, 3.63) is 0 Å². The Labute approximate surface area is 114 Å². The summed E-state index contributed by atoms with van der Waals surface area (Å²) in [6.07, 6.45) is 0.339. The maximum absolute atomic E-state index is 5.53. The Morgan fingerprint density at radius 2 is 1.61 bits per heavy atom. The van der Waals surface area contributed by atoms with Crippen LogP contribution in [0.4, 0.5) is 0 Å². The lowest BCUT2D eigenvalue weighted by Gasteiger charge is -2.20. The van der Waals surface area contributed by atoms with Crippen molar-refractivity contribution in [1.29, 1.82) is 0 Å². The van der Waals surface area contributed by atoms with E-state index in [0.717, 1.165) is 52.4 Å². The number of hydrogen-bond acceptors (Lipinski definition) is 4. The molecule has 4 nitrogen and oxygen atoms in total. The summed E-state index contributed by atoms with van der Waals surface area (Å²) in [5, 5.41) is 3.49. The minimum atomic E-state index is 0.339. The highest BCUT2D eigenvalue weighted by Gasteiger charge is 2.00. The van der Waals surface area contributed by atoms with Gasteiger partial charge in [-0.3, -0.25) is 0 Å². The van der Waals surface area contributed by atoms with Crippen molar-refractivity contribution in [2.24, 2.45) is 0 Å². The Hall–Kier alpha value is -0.160. The molecular weight excluding hydrogens is 226 g/mol. The molecule has 0 radical (unpaired) electrons. The molecule has 0 fully saturated rings. The number of nitrogens with zero attached hydrogens (tertiary/aromatic N) is 2. The number of nitrogens with one attached hydrogen (secondary N) is 1. The second-order valence-corrected chi connectivity index (χ2v) is 5.00. The van der Waals surface area contributed by atoms with E-state index in [1.165, 1.54) is 0 Å². The van der Waals surface area contributed by atoms with Crippen LogP contribution < -0.4 is 5.32 Å². The number of likely N-dealkylation sites (N-methyl/N-ethyl adjacent to an activating group) is 2. The lowest BCUT2D eigenvalue weighted by Crippen LogP contribution is -2.36. The zero-order valence-electron chi connectivity index (χ0n) is 13.0. The van der Waals surface area contributed by atoms with E-state index in [2.05, 4.69) is 49.9 Å². The van der Waals surface area contributed by atoms with Crippen LogP contribution in [0.5, 0.6) is 0 Å². The van der Waals surface area contributed by atoms with Crippen LogP contribution >= 0.6 is 0 Å². The van der Waals surface area contributed by atoms with E-state index < -0.39 is 0 Å². The van der Waals surface area contributed by atoms with Gasteiger partial charge in [0.15, 0.2) is 0 Å². The molecular formula is C14H33N3O. The summed E-state index contributed by atoms with van der Waals surface area (Å²) < 4.78 is 5.53. The molecule has 0 bridgehead atoms. The van der Waals surface area contributed by atoms with Gasteiger partial charge >= 0.3 is 0 Å². The average molecular weight is 259 g/mol. The molecule has 0 aliphatic rings. The van der Waals surface area contributed by atoms with E-state index in [1.54, 1.807) is 0 Å². The highest BCUT2D eigenvalue weighted by Crippen LogP contribution is 1.89. The van der Waals surface area contributed by atoms with Gasteiger partial charge < -0.3 is 19.9 Å². The fraction of sp³-hybridized carbons (Fsp3) is 1.00. The molecule has 0 saturated heterocycles.